The Morgan fingerprint density at radius 3 is 2.85 bits per heavy atom. The molecule has 1 unspecified atom stereocenters. The summed E-state index contributed by atoms with van der Waals surface area (Å²) in [6, 6.07) is 5.91. The molecule has 2 amide bonds. The molecule has 1 atom stereocenters. The summed E-state index contributed by atoms with van der Waals surface area (Å²) in [4.78, 5) is 16.0. The Morgan fingerprint density at radius 1 is 1.40 bits per heavy atom. The largest absolute Gasteiger partial charge is 0.396 e. The highest BCUT2D eigenvalue weighted by Gasteiger charge is 2.17. The van der Waals surface area contributed by atoms with E-state index in [9.17, 15) is 9.90 Å². The number of rotatable bonds is 6. The van der Waals surface area contributed by atoms with Gasteiger partial charge in [-0.15, -0.1) is 0 Å². The van der Waals surface area contributed by atoms with E-state index in [1.807, 2.05) is 18.2 Å². The quantitative estimate of drug-likeness (QED) is 0.737. The fraction of sp³-hybridized carbons (Fsp3) is 0.600. The minimum Gasteiger partial charge on any atom is -0.396 e. The third-order valence-corrected chi connectivity index (χ3v) is 3.72. The van der Waals surface area contributed by atoms with E-state index in [4.69, 9.17) is 0 Å². The molecule has 0 aliphatic heterocycles. The van der Waals surface area contributed by atoms with E-state index in [1.54, 1.807) is 6.20 Å². The van der Waals surface area contributed by atoms with Crippen molar-refractivity contribution < 1.29 is 9.90 Å². The lowest BCUT2D eigenvalue weighted by Gasteiger charge is -2.17. The van der Waals surface area contributed by atoms with Crippen LogP contribution in [-0.4, -0.2) is 35.3 Å². The van der Waals surface area contributed by atoms with Gasteiger partial charge in [0.2, 0.25) is 0 Å². The van der Waals surface area contributed by atoms with Crippen molar-refractivity contribution in [3.05, 3.63) is 30.1 Å². The number of aliphatic hydroxyl groups excluding tert-OH is 1. The third kappa shape index (κ3) is 4.81. The zero-order valence-electron chi connectivity index (χ0n) is 11.7. The summed E-state index contributed by atoms with van der Waals surface area (Å²) in [6.45, 7) is 0.506. The first-order valence-corrected chi connectivity index (χ1v) is 7.33. The minimum absolute atomic E-state index is 0.000715. The maximum Gasteiger partial charge on any atom is 0.315 e. The molecule has 1 aromatic rings. The Hall–Kier alpha value is -1.62. The summed E-state index contributed by atoms with van der Waals surface area (Å²) in [7, 11) is 0. The van der Waals surface area contributed by atoms with Crippen molar-refractivity contribution in [3.63, 3.8) is 0 Å². The van der Waals surface area contributed by atoms with Crippen LogP contribution in [0.3, 0.4) is 0 Å². The number of aromatic nitrogens is 1. The van der Waals surface area contributed by atoms with Crippen molar-refractivity contribution >= 4 is 6.03 Å². The monoisotopic (exact) mass is 277 g/mol. The minimum atomic E-state index is -0.128. The molecule has 1 fully saturated rings. The molecule has 5 nitrogen and oxygen atoms in total. The van der Waals surface area contributed by atoms with Crippen molar-refractivity contribution in [3.8, 4) is 0 Å². The number of nitrogens with one attached hydrogen (secondary N) is 2. The Labute approximate surface area is 119 Å². The predicted molar refractivity (Wildman–Crippen MR) is 77.3 cm³/mol. The van der Waals surface area contributed by atoms with Gasteiger partial charge >= 0.3 is 6.03 Å². The van der Waals surface area contributed by atoms with Gasteiger partial charge in [-0.25, -0.2) is 4.79 Å². The van der Waals surface area contributed by atoms with Gasteiger partial charge in [-0.05, 0) is 31.4 Å². The van der Waals surface area contributed by atoms with E-state index in [0.717, 1.165) is 18.5 Å². The maximum absolute atomic E-state index is 11.8. The molecule has 0 saturated heterocycles. The molecule has 1 aromatic heterocycles. The zero-order valence-corrected chi connectivity index (χ0v) is 11.7. The molecular weight excluding hydrogens is 254 g/mol. The summed E-state index contributed by atoms with van der Waals surface area (Å²) >= 11 is 0. The van der Waals surface area contributed by atoms with Gasteiger partial charge in [0.15, 0.2) is 0 Å². The number of carbonyl (C=O) groups is 1. The predicted octanol–water partition coefficient (Wildman–Crippen LogP) is 1.47. The van der Waals surface area contributed by atoms with Crippen LogP contribution in [0.1, 0.15) is 31.4 Å². The summed E-state index contributed by atoms with van der Waals surface area (Å²) < 4.78 is 0. The van der Waals surface area contributed by atoms with Crippen LogP contribution in [0.2, 0.25) is 0 Å². The second kappa shape index (κ2) is 7.85. The molecule has 1 heterocycles. The first kappa shape index (κ1) is 14.8. The number of amides is 2. The first-order chi connectivity index (χ1) is 9.78. The second-order valence-electron chi connectivity index (χ2n) is 5.41. The standard InChI is InChI=1S/C15H23N3O2/c19-11-12(9-14-7-3-4-8-16-14)10-17-15(20)18-13-5-1-2-6-13/h3-4,7-8,12-13,19H,1-2,5-6,9-11H2,(H2,17,18,20). The molecular formula is C15H23N3O2. The van der Waals surface area contributed by atoms with Gasteiger partial charge < -0.3 is 15.7 Å². The number of nitrogens with zero attached hydrogens (tertiary/aromatic N) is 1. The Balaban J connectivity index is 1.71. The molecule has 110 valence electrons. The molecule has 0 radical (unpaired) electrons. The summed E-state index contributed by atoms with van der Waals surface area (Å²) in [5, 5.41) is 15.2. The average Bonchev–Trinajstić information content (AvgIpc) is 2.97. The van der Waals surface area contributed by atoms with E-state index in [-0.39, 0.29) is 18.6 Å². The SMILES string of the molecule is O=C(NCC(CO)Cc1ccccn1)NC1CCCC1. The number of hydrogen-bond acceptors (Lipinski definition) is 3. The molecule has 5 heteroatoms. The zero-order chi connectivity index (χ0) is 14.2. The van der Waals surface area contributed by atoms with Crippen LogP contribution in [0.25, 0.3) is 0 Å². The molecule has 2 rings (SSSR count). The number of aliphatic hydroxyl groups is 1. The van der Waals surface area contributed by atoms with E-state index in [0.29, 0.717) is 19.0 Å². The highest BCUT2D eigenvalue weighted by atomic mass is 16.3. The molecule has 1 aliphatic carbocycles. The molecule has 0 aromatic carbocycles. The van der Waals surface area contributed by atoms with Gasteiger partial charge in [0.25, 0.3) is 0 Å². The fourth-order valence-electron chi connectivity index (χ4n) is 2.56. The lowest BCUT2D eigenvalue weighted by molar-refractivity contribution is 0.212. The molecule has 1 aliphatic rings. The summed E-state index contributed by atoms with van der Waals surface area (Å²) in [5.41, 5.74) is 0.935. The summed E-state index contributed by atoms with van der Waals surface area (Å²) in [6.07, 6.45) is 6.95. The van der Waals surface area contributed by atoms with Crippen LogP contribution in [0.4, 0.5) is 4.79 Å². The first-order valence-electron chi connectivity index (χ1n) is 7.33. The van der Waals surface area contributed by atoms with Crippen LogP contribution >= 0.6 is 0 Å². The molecule has 3 N–H and O–H groups in total. The van der Waals surface area contributed by atoms with Crippen molar-refractivity contribution in [2.75, 3.05) is 13.2 Å². The lowest BCUT2D eigenvalue weighted by Crippen LogP contribution is -2.43. The Kier molecular flexibility index (Phi) is 5.80. The van der Waals surface area contributed by atoms with Gasteiger partial charge in [-0.1, -0.05) is 18.9 Å². The van der Waals surface area contributed by atoms with Gasteiger partial charge in [0, 0.05) is 37.0 Å². The van der Waals surface area contributed by atoms with Crippen LogP contribution in [-0.2, 0) is 6.42 Å². The van der Waals surface area contributed by atoms with Crippen molar-refractivity contribution in [2.24, 2.45) is 5.92 Å². The number of pyridine rings is 1. The molecule has 0 spiro atoms. The van der Waals surface area contributed by atoms with Crippen LogP contribution < -0.4 is 10.6 Å². The molecule has 20 heavy (non-hydrogen) atoms. The van der Waals surface area contributed by atoms with Gasteiger partial charge in [0.05, 0.1) is 0 Å². The highest BCUT2D eigenvalue weighted by Crippen LogP contribution is 2.17. The van der Waals surface area contributed by atoms with Gasteiger partial charge in [-0.2, -0.15) is 0 Å². The topological polar surface area (TPSA) is 74.2 Å². The van der Waals surface area contributed by atoms with E-state index >= 15 is 0 Å². The Morgan fingerprint density at radius 2 is 2.20 bits per heavy atom. The van der Waals surface area contributed by atoms with Gasteiger partial charge in [-0.3, -0.25) is 4.98 Å². The molecule has 1 saturated carbocycles. The Bertz CT molecular complexity index is 405. The van der Waals surface area contributed by atoms with E-state index in [1.165, 1.54) is 12.8 Å². The van der Waals surface area contributed by atoms with Gasteiger partial charge in [0.1, 0.15) is 0 Å². The van der Waals surface area contributed by atoms with Crippen LogP contribution in [0, 0.1) is 5.92 Å². The van der Waals surface area contributed by atoms with Crippen molar-refractivity contribution in [2.45, 2.75) is 38.1 Å². The average molecular weight is 277 g/mol. The highest BCUT2D eigenvalue weighted by molar-refractivity contribution is 5.74. The fourth-order valence-corrected chi connectivity index (χ4v) is 2.56. The molecule has 0 bridgehead atoms. The lowest BCUT2D eigenvalue weighted by atomic mass is 10.0. The maximum atomic E-state index is 11.8. The van der Waals surface area contributed by atoms with Crippen LogP contribution in [0.5, 0.6) is 0 Å². The third-order valence-electron chi connectivity index (χ3n) is 3.72. The van der Waals surface area contributed by atoms with Crippen molar-refractivity contribution in [1.29, 1.82) is 0 Å². The summed E-state index contributed by atoms with van der Waals surface area (Å²) in [5.74, 6) is -0.000715. The van der Waals surface area contributed by atoms with E-state index in [2.05, 4.69) is 15.6 Å². The van der Waals surface area contributed by atoms with E-state index < -0.39 is 0 Å². The van der Waals surface area contributed by atoms with Crippen LogP contribution in [0.15, 0.2) is 24.4 Å². The number of urea groups is 1. The smallest absolute Gasteiger partial charge is 0.315 e. The number of carbonyl (C=O) groups excluding carboxylic acids is 1. The normalized spacial score (nSPS) is 16.9. The second-order valence-corrected chi connectivity index (χ2v) is 5.41. The van der Waals surface area contributed by atoms with Crippen molar-refractivity contribution in [1.82, 2.24) is 15.6 Å². The number of hydrogen-bond donors (Lipinski definition) is 3.